The fourth-order valence-corrected chi connectivity index (χ4v) is 5.13. The van der Waals surface area contributed by atoms with Crippen LogP contribution in [0, 0.1) is 0 Å². The maximum absolute atomic E-state index is 6.49. The van der Waals surface area contributed by atoms with E-state index in [0.29, 0.717) is 18.8 Å². The lowest BCUT2D eigenvalue weighted by molar-refractivity contribution is 0.0384. The topological polar surface area (TPSA) is 104 Å². The van der Waals surface area contributed by atoms with Crippen molar-refractivity contribution >= 4 is 27.9 Å². The summed E-state index contributed by atoms with van der Waals surface area (Å²) < 4.78 is 11.9. The Bertz CT molecular complexity index is 1310. The van der Waals surface area contributed by atoms with E-state index in [0.717, 1.165) is 92.5 Å². The third kappa shape index (κ3) is 4.97. The second-order valence-corrected chi connectivity index (χ2v) is 9.36. The molecule has 188 valence electrons. The highest BCUT2D eigenvalue weighted by Gasteiger charge is 2.28. The van der Waals surface area contributed by atoms with Gasteiger partial charge < -0.3 is 24.7 Å². The van der Waals surface area contributed by atoms with Gasteiger partial charge in [0.05, 0.1) is 36.8 Å². The zero-order valence-electron chi connectivity index (χ0n) is 20.4. The van der Waals surface area contributed by atoms with E-state index in [1.54, 1.807) is 12.7 Å². The number of hydrogen-bond acceptors (Lipinski definition) is 9. The summed E-state index contributed by atoms with van der Waals surface area (Å²) >= 11 is 0. The van der Waals surface area contributed by atoms with Gasteiger partial charge in [-0.3, -0.25) is 9.88 Å². The minimum Gasteiger partial charge on any atom is -0.491 e. The molecule has 0 saturated carbocycles. The molecule has 0 radical (unpaired) electrons. The second kappa shape index (κ2) is 10.7. The SMILES string of the molecule is c1ccc2c(OCC3CCCN3c3ncnc4nc[nH]c34)cc(CNCCN3CCOCC3)nc2c1. The van der Waals surface area contributed by atoms with Crippen LogP contribution < -0.4 is 15.0 Å². The molecule has 1 unspecified atom stereocenters. The summed E-state index contributed by atoms with van der Waals surface area (Å²) in [4.78, 5) is 25.9. The largest absolute Gasteiger partial charge is 0.491 e. The fourth-order valence-electron chi connectivity index (χ4n) is 5.13. The normalized spacial score (nSPS) is 18.9. The molecule has 1 aromatic carbocycles. The molecule has 4 aromatic rings. The molecule has 0 bridgehead atoms. The number of rotatable bonds is 9. The molecule has 6 rings (SSSR count). The number of anilines is 1. The Labute approximate surface area is 210 Å². The molecule has 0 amide bonds. The standard InChI is InChI=1S/C26H32N8O2/c1-2-6-22-21(5-1)23(14-19(32-22)15-27-7-9-33-10-12-35-13-11-33)36-16-20-4-3-8-34(20)26-24-25(29-17-28-24)30-18-31-26/h1-2,5-6,14,17-18,20,27H,3-4,7-13,15-16H2,(H,28,29,30,31). The number of nitrogens with one attached hydrogen (secondary N) is 2. The van der Waals surface area contributed by atoms with Gasteiger partial charge in [0, 0.05) is 50.7 Å². The number of imidazole rings is 1. The summed E-state index contributed by atoms with van der Waals surface area (Å²) in [5.74, 6) is 1.78. The Morgan fingerprint density at radius 3 is 2.97 bits per heavy atom. The van der Waals surface area contributed by atoms with Crippen LogP contribution in [-0.4, -0.2) is 88.4 Å². The van der Waals surface area contributed by atoms with E-state index in [4.69, 9.17) is 14.5 Å². The van der Waals surface area contributed by atoms with Gasteiger partial charge >= 0.3 is 0 Å². The molecule has 0 spiro atoms. The van der Waals surface area contributed by atoms with Gasteiger partial charge in [-0.05, 0) is 25.0 Å². The zero-order chi connectivity index (χ0) is 24.2. The first kappa shape index (κ1) is 23.1. The second-order valence-electron chi connectivity index (χ2n) is 9.36. The molecular formula is C26H32N8O2. The van der Waals surface area contributed by atoms with Gasteiger partial charge in [-0.2, -0.15) is 0 Å². The zero-order valence-corrected chi connectivity index (χ0v) is 20.4. The molecule has 2 N–H and O–H groups in total. The minimum atomic E-state index is 0.230. The molecule has 2 aliphatic heterocycles. The van der Waals surface area contributed by atoms with Crippen LogP contribution in [0.15, 0.2) is 43.0 Å². The highest BCUT2D eigenvalue weighted by molar-refractivity contribution is 5.85. The van der Waals surface area contributed by atoms with E-state index in [9.17, 15) is 0 Å². The summed E-state index contributed by atoms with van der Waals surface area (Å²) in [6, 6.07) is 10.5. The van der Waals surface area contributed by atoms with Crippen LogP contribution in [0.5, 0.6) is 5.75 Å². The number of nitrogens with zero attached hydrogens (tertiary/aromatic N) is 6. The summed E-state index contributed by atoms with van der Waals surface area (Å²) in [5.41, 5.74) is 3.52. The summed E-state index contributed by atoms with van der Waals surface area (Å²) in [6.45, 7) is 7.84. The molecule has 10 nitrogen and oxygen atoms in total. The maximum Gasteiger partial charge on any atom is 0.182 e. The number of para-hydroxylation sites is 1. The van der Waals surface area contributed by atoms with Gasteiger partial charge in [0.25, 0.3) is 0 Å². The van der Waals surface area contributed by atoms with Crippen LogP contribution in [0.4, 0.5) is 5.82 Å². The van der Waals surface area contributed by atoms with E-state index in [-0.39, 0.29) is 6.04 Å². The highest BCUT2D eigenvalue weighted by Crippen LogP contribution is 2.30. The van der Waals surface area contributed by atoms with Crippen molar-refractivity contribution < 1.29 is 9.47 Å². The molecule has 3 aromatic heterocycles. The van der Waals surface area contributed by atoms with Gasteiger partial charge in [0.2, 0.25) is 0 Å². The molecule has 0 aliphatic carbocycles. The van der Waals surface area contributed by atoms with E-state index in [1.807, 2.05) is 12.1 Å². The first-order valence-electron chi connectivity index (χ1n) is 12.8. The van der Waals surface area contributed by atoms with Gasteiger partial charge in [-0.1, -0.05) is 12.1 Å². The van der Waals surface area contributed by atoms with Crippen LogP contribution in [0.25, 0.3) is 22.1 Å². The molecule has 2 fully saturated rings. The lowest BCUT2D eigenvalue weighted by atomic mass is 10.1. The number of morpholine rings is 1. The predicted molar refractivity (Wildman–Crippen MR) is 138 cm³/mol. The average Bonchev–Trinajstić information content (AvgIpc) is 3.60. The van der Waals surface area contributed by atoms with Crippen LogP contribution in [0.3, 0.4) is 0 Å². The van der Waals surface area contributed by atoms with E-state index >= 15 is 0 Å². The lowest BCUT2D eigenvalue weighted by Gasteiger charge is -2.26. The minimum absolute atomic E-state index is 0.230. The van der Waals surface area contributed by atoms with Crippen molar-refractivity contribution in [1.29, 1.82) is 0 Å². The Hall–Kier alpha value is -3.34. The van der Waals surface area contributed by atoms with Gasteiger partial charge in [-0.25, -0.2) is 15.0 Å². The molecule has 2 aliphatic rings. The van der Waals surface area contributed by atoms with Crippen molar-refractivity contribution in [1.82, 2.24) is 35.1 Å². The number of hydrogen-bond donors (Lipinski definition) is 2. The molecule has 36 heavy (non-hydrogen) atoms. The number of aromatic nitrogens is 5. The Balaban J connectivity index is 1.14. The number of aromatic amines is 1. The predicted octanol–water partition coefficient (Wildman–Crippen LogP) is 2.37. The summed E-state index contributed by atoms with van der Waals surface area (Å²) in [7, 11) is 0. The number of fused-ring (bicyclic) bond motifs is 2. The lowest BCUT2D eigenvalue weighted by Crippen LogP contribution is -2.40. The molecule has 5 heterocycles. The molecule has 1 atom stereocenters. The van der Waals surface area contributed by atoms with Crippen molar-refractivity contribution in [3.63, 3.8) is 0 Å². The first-order valence-corrected chi connectivity index (χ1v) is 12.8. The van der Waals surface area contributed by atoms with Gasteiger partial charge in [0.15, 0.2) is 11.5 Å². The maximum atomic E-state index is 6.49. The van der Waals surface area contributed by atoms with Crippen LogP contribution in [0.2, 0.25) is 0 Å². The van der Waals surface area contributed by atoms with Gasteiger partial charge in [-0.15, -0.1) is 0 Å². The van der Waals surface area contributed by atoms with Crippen LogP contribution >= 0.6 is 0 Å². The average molecular weight is 489 g/mol. The Morgan fingerprint density at radius 1 is 1.11 bits per heavy atom. The van der Waals surface area contributed by atoms with Crippen molar-refractivity contribution in [2.24, 2.45) is 0 Å². The highest BCUT2D eigenvalue weighted by atomic mass is 16.5. The third-order valence-electron chi connectivity index (χ3n) is 7.03. The summed E-state index contributed by atoms with van der Waals surface area (Å²) in [5, 5.41) is 4.59. The van der Waals surface area contributed by atoms with E-state index < -0.39 is 0 Å². The van der Waals surface area contributed by atoms with Crippen LogP contribution in [-0.2, 0) is 11.3 Å². The number of benzene rings is 1. The number of pyridine rings is 1. The van der Waals surface area contributed by atoms with Crippen molar-refractivity contribution in [2.45, 2.75) is 25.4 Å². The van der Waals surface area contributed by atoms with Crippen molar-refractivity contribution in [3.05, 3.63) is 48.7 Å². The summed E-state index contributed by atoms with van der Waals surface area (Å²) in [6.07, 6.45) is 5.41. The number of ether oxygens (including phenoxy) is 2. The molecule has 2 saturated heterocycles. The molecular weight excluding hydrogens is 456 g/mol. The van der Waals surface area contributed by atoms with Crippen molar-refractivity contribution in [3.8, 4) is 5.75 Å². The molecule has 10 heteroatoms. The van der Waals surface area contributed by atoms with Crippen LogP contribution in [0.1, 0.15) is 18.5 Å². The monoisotopic (exact) mass is 488 g/mol. The quantitative estimate of drug-likeness (QED) is 0.344. The third-order valence-corrected chi connectivity index (χ3v) is 7.03. The van der Waals surface area contributed by atoms with Crippen molar-refractivity contribution in [2.75, 3.05) is 57.4 Å². The smallest absolute Gasteiger partial charge is 0.182 e. The van der Waals surface area contributed by atoms with E-state index in [2.05, 4.69) is 53.3 Å². The fraction of sp³-hybridized carbons (Fsp3) is 0.462. The number of H-pyrrole nitrogens is 1. The Kier molecular flexibility index (Phi) is 6.88. The van der Waals surface area contributed by atoms with Gasteiger partial charge in [0.1, 0.15) is 24.2 Å². The first-order chi connectivity index (χ1) is 17.8. The Morgan fingerprint density at radius 2 is 2.03 bits per heavy atom. The van der Waals surface area contributed by atoms with E-state index in [1.165, 1.54) is 0 Å².